The van der Waals surface area contributed by atoms with Gasteiger partial charge in [-0.3, -0.25) is 4.79 Å². The lowest BCUT2D eigenvalue weighted by Gasteiger charge is -2.32. The van der Waals surface area contributed by atoms with Crippen LogP contribution in [0.25, 0.3) is 0 Å². The Labute approximate surface area is 119 Å². The number of nitrogens with zero attached hydrogens (tertiary/aromatic N) is 1. The highest BCUT2D eigenvalue weighted by atomic mass is 32.2. The fourth-order valence-electron chi connectivity index (χ4n) is 2.17. The van der Waals surface area contributed by atoms with Gasteiger partial charge >= 0.3 is 5.97 Å². The van der Waals surface area contributed by atoms with Gasteiger partial charge in [0, 0.05) is 13.1 Å². The van der Waals surface area contributed by atoms with E-state index < -0.39 is 27.4 Å². The lowest BCUT2D eigenvalue weighted by Crippen LogP contribution is -2.54. The molecule has 1 N–H and O–H groups in total. The van der Waals surface area contributed by atoms with Crippen LogP contribution >= 0.6 is 0 Å². The van der Waals surface area contributed by atoms with E-state index in [1.165, 1.54) is 11.4 Å². The van der Waals surface area contributed by atoms with Gasteiger partial charge in [0.05, 0.1) is 19.3 Å². The number of piperidine rings is 1. The number of carbonyl (C=O) groups excluding carboxylic acids is 2. The quantitative estimate of drug-likeness (QED) is 0.722. The van der Waals surface area contributed by atoms with Crippen LogP contribution in [0.3, 0.4) is 0 Å². The topological polar surface area (TPSA) is 92.8 Å². The molecule has 1 fully saturated rings. The average Bonchev–Trinajstić information content (AvgIpc) is 2.36. The molecule has 116 valence electrons. The number of ether oxygens (including phenoxy) is 1. The van der Waals surface area contributed by atoms with Gasteiger partial charge in [-0.25, -0.2) is 17.5 Å². The number of hydrogen-bond acceptors (Lipinski definition) is 5. The summed E-state index contributed by atoms with van der Waals surface area (Å²) in [4.78, 5) is 23.7. The van der Waals surface area contributed by atoms with E-state index in [1.54, 1.807) is 13.8 Å². The zero-order valence-corrected chi connectivity index (χ0v) is 13.1. The van der Waals surface area contributed by atoms with Gasteiger partial charge in [0.15, 0.2) is 0 Å². The van der Waals surface area contributed by atoms with Gasteiger partial charge in [0.25, 0.3) is 0 Å². The Balaban J connectivity index is 2.71. The smallest absolute Gasteiger partial charge is 0.330 e. The van der Waals surface area contributed by atoms with Crippen molar-refractivity contribution in [2.75, 3.05) is 26.5 Å². The Hall–Kier alpha value is -1.15. The monoisotopic (exact) mass is 306 g/mol. The maximum absolute atomic E-state index is 12.2. The van der Waals surface area contributed by atoms with Crippen molar-refractivity contribution in [3.05, 3.63) is 0 Å². The van der Waals surface area contributed by atoms with Crippen molar-refractivity contribution in [2.45, 2.75) is 32.2 Å². The minimum atomic E-state index is -3.30. The number of esters is 1. The molecule has 1 rings (SSSR count). The maximum atomic E-state index is 12.2. The molecule has 1 amide bonds. The number of nitrogens with one attached hydrogen (secondary N) is 1. The molecule has 0 saturated carbocycles. The van der Waals surface area contributed by atoms with Gasteiger partial charge in [-0.05, 0) is 26.7 Å². The molecular formula is C12H22N2O5S. The van der Waals surface area contributed by atoms with E-state index in [0.717, 1.165) is 6.26 Å². The number of rotatable bonds is 4. The number of sulfonamides is 1. The summed E-state index contributed by atoms with van der Waals surface area (Å²) in [6.45, 7) is 3.69. The minimum absolute atomic E-state index is 0.155. The van der Waals surface area contributed by atoms with Gasteiger partial charge in [-0.1, -0.05) is 0 Å². The summed E-state index contributed by atoms with van der Waals surface area (Å²) in [5.41, 5.74) is -1.13. The largest absolute Gasteiger partial charge is 0.467 e. The molecule has 0 aromatic rings. The van der Waals surface area contributed by atoms with Crippen LogP contribution in [-0.2, 0) is 24.3 Å². The van der Waals surface area contributed by atoms with E-state index in [9.17, 15) is 18.0 Å². The van der Waals surface area contributed by atoms with E-state index in [4.69, 9.17) is 0 Å². The van der Waals surface area contributed by atoms with Crippen LogP contribution in [0.4, 0.5) is 0 Å². The van der Waals surface area contributed by atoms with Crippen molar-refractivity contribution < 1.29 is 22.7 Å². The van der Waals surface area contributed by atoms with Crippen LogP contribution in [0.5, 0.6) is 0 Å². The zero-order valence-electron chi connectivity index (χ0n) is 12.3. The molecule has 1 atom stereocenters. The predicted molar refractivity (Wildman–Crippen MR) is 73.4 cm³/mol. The van der Waals surface area contributed by atoms with Gasteiger partial charge in [0.1, 0.15) is 5.54 Å². The highest BCUT2D eigenvalue weighted by Gasteiger charge is 2.35. The first kappa shape index (κ1) is 16.9. The summed E-state index contributed by atoms with van der Waals surface area (Å²) < 4.78 is 28.9. The van der Waals surface area contributed by atoms with E-state index in [-0.39, 0.29) is 12.5 Å². The molecule has 0 aromatic heterocycles. The predicted octanol–water partition coefficient (Wildman–Crippen LogP) is -0.274. The fourth-order valence-corrected chi connectivity index (χ4v) is 3.09. The van der Waals surface area contributed by atoms with Crippen molar-refractivity contribution in [2.24, 2.45) is 5.92 Å². The molecule has 1 aliphatic rings. The van der Waals surface area contributed by atoms with Crippen molar-refractivity contribution in [1.29, 1.82) is 0 Å². The third-order valence-electron chi connectivity index (χ3n) is 3.36. The molecule has 1 aliphatic heterocycles. The lowest BCUT2D eigenvalue weighted by molar-refractivity contribution is -0.150. The highest BCUT2D eigenvalue weighted by molar-refractivity contribution is 7.88. The molecule has 1 saturated heterocycles. The molecule has 1 heterocycles. The normalized spacial score (nSPS) is 21.3. The highest BCUT2D eigenvalue weighted by Crippen LogP contribution is 2.20. The van der Waals surface area contributed by atoms with Crippen molar-refractivity contribution >= 4 is 21.9 Å². The van der Waals surface area contributed by atoms with Gasteiger partial charge in [-0.15, -0.1) is 0 Å². The third kappa shape index (κ3) is 4.17. The molecule has 0 unspecified atom stereocenters. The van der Waals surface area contributed by atoms with Crippen molar-refractivity contribution in [3.8, 4) is 0 Å². The second kappa shape index (κ2) is 6.09. The Morgan fingerprint density at radius 2 is 1.95 bits per heavy atom. The van der Waals surface area contributed by atoms with Crippen LogP contribution in [0.2, 0.25) is 0 Å². The van der Waals surface area contributed by atoms with E-state index >= 15 is 0 Å². The Morgan fingerprint density at radius 3 is 2.45 bits per heavy atom. The summed E-state index contributed by atoms with van der Waals surface area (Å²) >= 11 is 0. The summed E-state index contributed by atoms with van der Waals surface area (Å²) in [6, 6.07) is 0. The molecule has 8 heteroatoms. The number of carbonyl (C=O) groups is 2. The van der Waals surface area contributed by atoms with E-state index in [1.807, 2.05) is 0 Å². The second-order valence-corrected chi connectivity index (χ2v) is 7.55. The van der Waals surface area contributed by atoms with E-state index in [0.29, 0.717) is 19.4 Å². The SMILES string of the molecule is COC(=O)C(C)(C)NC(=O)[C@@H]1CCCN(S(C)(=O)=O)C1. The Morgan fingerprint density at radius 1 is 1.35 bits per heavy atom. The second-order valence-electron chi connectivity index (χ2n) is 5.57. The summed E-state index contributed by atoms with van der Waals surface area (Å²) in [7, 11) is -2.04. The first-order valence-electron chi connectivity index (χ1n) is 6.43. The molecule has 20 heavy (non-hydrogen) atoms. The number of amides is 1. The van der Waals surface area contributed by atoms with Crippen molar-refractivity contribution in [1.82, 2.24) is 9.62 Å². The average molecular weight is 306 g/mol. The molecule has 0 aliphatic carbocycles. The first-order chi connectivity index (χ1) is 9.08. The summed E-state index contributed by atoms with van der Waals surface area (Å²) in [6.07, 6.45) is 2.37. The Bertz CT molecular complexity index is 486. The summed E-state index contributed by atoms with van der Waals surface area (Å²) in [5.74, 6) is -1.31. The number of hydrogen-bond donors (Lipinski definition) is 1. The van der Waals surface area contributed by atoms with Gasteiger partial charge in [-0.2, -0.15) is 0 Å². The third-order valence-corrected chi connectivity index (χ3v) is 4.63. The Kier molecular flexibility index (Phi) is 5.15. The molecule has 0 aromatic carbocycles. The molecular weight excluding hydrogens is 284 g/mol. The summed E-state index contributed by atoms with van der Waals surface area (Å²) in [5, 5.41) is 2.61. The van der Waals surface area contributed by atoms with Crippen LogP contribution < -0.4 is 5.32 Å². The first-order valence-corrected chi connectivity index (χ1v) is 8.28. The zero-order chi connectivity index (χ0) is 15.6. The molecule has 0 bridgehead atoms. The molecule has 0 spiro atoms. The molecule has 0 radical (unpaired) electrons. The van der Waals surface area contributed by atoms with Crippen LogP contribution in [0.1, 0.15) is 26.7 Å². The maximum Gasteiger partial charge on any atom is 0.330 e. The van der Waals surface area contributed by atoms with E-state index in [2.05, 4.69) is 10.1 Å². The minimum Gasteiger partial charge on any atom is -0.467 e. The lowest BCUT2D eigenvalue weighted by atomic mass is 9.96. The number of methoxy groups -OCH3 is 1. The van der Waals surface area contributed by atoms with Crippen LogP contribution in [0, 0.1) is 5.92 Å². The van der Waals surface area contributed by atoms with Gasteiger partial charge in [0.2, 0.25) is 15.9 Å². The van der Waals surface area contributed by atoms with Gasteiger partial charge < -0.3 is 10.1 Å². The van der Waals surface area contributed by atoms with Crippen LogP contribution in [0.15, 0.2) is 0 Å². The fraction of sp³-hybridized carbons (Fsp3) is 0.833. The standard InChI is InChI=1S/C12H22N2O5S/c1-12(2,11(16)19-3)13-10(15)9-6-5-7-14(8-9)20(4,17)18/h9H,5-8H2,1-4H3,(H,13,15)/t9-/m1/s1. The van der Waals surface area contributed by atoms with Crippen LogP contribution in [-0.4, -0.2) is 56.6 Å². The molecule has 7 nitrogen and oxygen atoms in total. The van der Waals surface area contributed by atoms with Crippen molar-refractivity contribution in [3.63, 3.8) is 0 Å².